The van der Waals surface area contributed by atoms with Gasteiger partial charge < -0.3 is 4.74 Å². The van der Waals surface area contributed by atoms with E-state index in [9.17, 15) is 0 Å². The third-order valence-electron chi connectivity index (χ3n) is 7.71. The molecule has 0 N–H and O–H groups in total. The summed E-state index contributed by atoms with van der Waals surface area (Å²) in [4.78, 5) is 13.3. The van der Waals surface area contributed by atoms with E-state index in [1.807, 2.05) is 42.7 Å². The van der Waals surface area contributed by atoms with E-state index < -0.39 is 0 Å². The topological polar surface area (TPSA) is 47.9 Å². The van der Waals surface area contributed by atoms with Gasteiger partial charge in [-0.2, -0.15) is 0 Å². The predicted octanol–water partition coefficient (Wildman–Crippen LogP) is 9.61. The van der Waals surface area contributed by atoms with Crippen molar-refractivity contribution in [2.45, 2.75) is 0 Å². The molecule has 0 fully saturated rings. The van der Waals surface area contributed by atoms with E-state index in [2.05, 4.69) is 99.9 Å². The zero-order valence-electron chi connectivity index (χ0n) is 22.0. The Morgan fingerprint density at radius 1 is 0.488 bits per heavy atom. The summed E-state index contributed by atoms with van der Waals surface area (Å²) in [6.07, 6.45) is 7.30. The first-order chi connectivity index (χ1) is 20.3. The standard InChI is InChI=1S/C37H23N3O/c1-2-9-27-25(8-1)22-33(29-11-4-3-10-28(27)29)35-30-12-5-6-13-31(30)36(32-18-21-38-23-34(32)35)41-26-16-14-24(15-17-26)37-39-19-7-20-40-37/h1-23H. The third kappa shape index (κ3) is 3.88. The summed E-state index contributed by atoms with van der Waals surface area (Å²) in [7, 11) is 0. The lowest BCUT2D eigenvalue weighted by atomic mass is 9.87. The van der Waals surface area contributed by atoms with Gasteiger partial charge in [-0.15, -0.1) is 0 Å². The van der Waals surface area contributed by atoms with E-state index in [-0.39, 0.29) is 0 Å². The molecule has 0 atom stereocenters. The van der Waals surface area contributed by atoms with Gasteiger partial charge in [-0.3, -0.25) is 4.98 Å². The van der Waals surface area contributed by atoms with Gasteiger partial charge in [0, 0.05) is 46.5 Å². The maximum atomic E-state index is 6.68. The Bertz CT molecular complexity index is 2170. The molecule has 0 bridgehead atoms. The summed E-state index contributed by atoms with van der Waals surface area (Å²) in [5, 5.41) is 9.16. The van der Waals surface area contributed by atoms with Crippen LogP contribution in [0.2, 0.25) is 0 Å². The summed E-state index contributed by atoms with van der Waals surface area (Å²) in [5.41, 5.74) is 3.29. The van der Waals surface area contributed by atoms with Gasteiger partial charge in [0.25, 0.3) is 0 Å². The highest BCUT2D eigenvalue weighted by Gasteiger charge is 2.19. The molecule has 0 saturated carbocycles. The Kier molecular flexibility index (Phi) is 5.42. The lowest BCUT2D eigenvalue weighted by Gasteiger charge is -2.19. The van der Waals surface area contributed by atoms with Gasteiger partial charge in [0.2, 0.25) is 0 Å². The minimum absolute atomic E-state index is 0.688. The van der Waals surface area contributed by atoms with Crippen LogP contribution in [0.5, 0.6) is 11.5 Å². The Morgan fingerprint density at radius 2 is 1.15 bits per heavy atom. The molecule has 0 radical (unpaired) electrons. The lowest BCUT2D eigenvalue weighted by Crippen LogP contribution is -1.94. The van der Waals surface area contributed by atoms with E-state index >= 15 is 0 Å². The van der Waals surface area contributed by atoms with Gasteiger partial charge in [-0.25, -0.2) is 9.97 Å². The summed E-state index contributed by atoms with van der Waals surface area (Å²) < 4.78 is 6.68. The van der Waals surface area contributed by atoms with Crippen LogP contribution < -0.4 is 4.74 Å². The second-order valence-electron chi connectivity index (χ2n) is 10.1. The molecule has 0 saturated heterocycles. The Labute approximate surface area is 236 Å². The quantitative estimate of drug-likeness (QED) is 0.170. The smallest absolute Gasteiger partial charge is 0.159 e. The average Bonchev–Trinajstić information content (AvgIpc) is 3.05. The van der Waals surface area contributed by atoms with Crippen molar-refractivity contribution in [3.05, 3.63) is 140 Å². The molecule has 0 unspecified atom stereocenters. The van der Waals surface area contributed by atoms with Gasteiger partial charge in [0.15, 0.2) is 5.82 Å². The second kappa shape index (κ2) is 9.54. The van der Waals surface area contributed by atoms with Crippen LogP contribution in [0, 0.1) is 0 Å². The first-order valence-corrected chi connectivity index (χ1v) is 13.6. The van der Waals surface area contributed by atoms with Crippen molar-refractivity contribution >= 4 is 43.1 Å². The van der Waals surface area contributed by atoms with E-state index in [4.69, 9.17) is 4.74 Å². The van der Waals surface area contributed by atoms with Crippen molar-refractivity contribution in [2.75, 3.05) is 0 Å². The van der Waals surface area contributed by atoms with Crippen LogP contribution in [0.25, 0.3) is 65.6 Å². The number of benzene rings is 6. The molecule has 0 aliphatic rings. The number of rotatable bonds is 4. The molecule has 2 heterocycles. The normalized spacial score (nSPS) is 11.4. The first kappa shape index (κ1) is 23.3. The van der Waals surface area contributed by atoms with Gasteiger partial charge >= 0.3 is 0 Å². The van der Waals surface area contributed by atoms with E-state index in [1.165, 1.54) is 27.1 Å². The molecule has 4 heteroatoms. The van der Waals surface area contributed by atoms with Crippen molar-refractivity contribution in [3.63, 3.8) is 0 Å². The molecule has 41 heavy (non-hydrogen) atoms. The van der Waals surface area contributed by atoms with Crippen LogP contribution >= 0.6 is 0 Å². The first-order valence-electron chi connectivity index (χ1n) is 13.6. The molecule has 0 amide bonds. The van der Waals surface area contributed by atoms with E-state index in [1.54, 1.807) is 12.4 Å². The molecule has 2 aromatic heterocycles. The molecule has 0 spiro atoms. The van der Waals surface area contributed by atoms with E-state index in [0.717, 1.165) is 44.2 Å². The number of pyridine rings is 1. The molecule has 0 aliphatic heterocycles. The Hall–Kier alpha value is -5.61. The minimum atomic E-state index is 0.688. The summed E-state index contributed by atoms with van der Waals surface area (Å²) >= 11 is 0. The maximum Gasteiger partial charge on any atom is 0.159 e. The van der Waals surface area contributed by atoms with Crippen molar-refractivity contribution in [1.82, 2.24) is 15.0 Å². The van der Waals surface area contributed by atoms with Crippen molar-refractivity contribution in [3.8, 4) is 34.0 Å². The van der Waals surface area contributed by atoms with Gasteiger partial charge in [0.1, 0.15) is 11.5 Å². The molecular weight excluding hydrogens is 502 g/mol. The highest BCUT2D eigenvalue weighted by Crippen LogP contribution is 2.47. The largest absolute Gasteiger partial charge is 0.456 e. The van der Waals surface area contributed by atoms with Crippen LogP contribution in [0.3, 0.4) is 0 Å². The second-order valence-corrected chi connectivity index (χ2v) is 10.1. The lowest BCUT2D eigenvalue weighted by molar-refractivity contribution is 0.494. The number of fused-ring (bicyclic) bond motifs is 5. The Morgan fingerprint density at radius 3 is 1.95 bits per heavy atom. The summed E-state index contributed by atoms with van der Waals surface area (Å²) in [6, 6.07) is 39.9. The zero-order chi connectivity index (χ0) is 27.2. The molecule has 8 rings (SSSR count). The maximum absolute atomic E-state index is 6.68. The molecule has 192 valence electrons. The van der Waals surface area contributed by atoms with E-state index in [0.29, 0.717) is 5.82 Å². The summed E-state index contributed by atoms with van der Waals surface area (Å²) in [6.45, 7) is 0. The fourth-order valence-electron chi connectivity index (χ4n) is 5.88. The van der Waals surface area contributed by atoms with Gasteiger partial charge in [0.05, 0.1) is 0 Å². The van der Waals surface area contributed by atoms with Gasteiger partial charge in [-0.1, -0.05) is 72.8 Å². The molecule has 8 aromatic rings. The molecular formula is C37H23N3O. The van der Waals surface area contributed by atoms with Gasteiger partial charge in [-0.05, 0) is 80.5 Å². The fourth-order valence-corrected chi connectivity index (χ4v) is 5.88. The average molecular weight is 526 g/mol. The van der Waals surface area contributed by atoms with Crippen molar-refractivity contribution < 1.29 is 4.74 Å². The summed E-state index contributed by atoms with van der Waals surface area (Å²) in [5.74, 6) is 2.25. The predicted molar refractivity (Wildman–Crippen MR) is 167 cm³/mol. The number of hydrogen-bond donors (Lipinski definition) is 0. The van der Waals surface area contributed by atoms with Crippen LogP contribution in [0.4, 0.5) is 0 Å². The zero-order valence-corrected chi connectivity index (χ0v) is 22.0. The monoisotopic (exact) mass is 525 g/mol. The fraction of sp³-hybridized carbons (Fsp3) is 0. The number of aromatic nitrogens is 3. The number of nitrogens with zero attached hydrogens (tertiary/aromatic N) is 3. The van der Waals surface area contributed by atoms with Crippen LogP contribution in [0.1, 0.15) is 0 Å². The van der Waals surface area contributed by atoms with Crippen molar-refractivity contribution in [1.29, 1.82) is 0 Å². The van der Waals surface area contributed by atoms with Crippen LogP contribution in [-0.4, -0.2) is 15.0 Å². The number of ether oxygens (including phenoxy) is 1. The highest BCUT2D eigenvalue weighted by atomic mass is 16.5. The van der Waals surface area contributed by atoms with Crippen molar-refractivity contribution in [2.24, 2.45) is 0 Å². The molecule has 0 aliphatic carbocycles. The van der Waals surface area contributed by atoms with Crippen LogP contribution in [0.15, 0.2) is 140 Å². The number of hydrogen-bond acceptors (Lipinski definition) is 4. The highest BCUT2D eigenvalue weighted by molar-refractivity contribution is 6.23. The minimum Gasteiger partial charge on any atom is -0.456 e. The molecule has 6 aromatic carbocycles. The van der Waals surface area contributed by atoms with Crippen LogP contribution in [-0.2, 0) is 0 Å². The third-order valence-corrected chi connectivity index (χ3v) is 7.71. The SMILES string of the molecule is c1cnc(-c2ccc(Oc3c4ccccc4c(-c4cc5ccccc5c5ccccc45)c4cnccc34)cc2)nc1. The molecule has 4 nitrogen and oxygen atoms in total. The Balaban J connectivity index is 1.37.